The van der Waals surface area contributed by atoms with Gasteiger partial charge in [-0.1, -0.05) is 28.1 Å². The lowest BCUT2D eigenvalue weighted by Gasteiger charge is -2.07. The summed E-state index contributed by atoms with van der Waals surface area (Å²) in [5, 5.41) is 0. The lowest BCUT2D eigenvalue weighted by molar-refractivity contribution is -0.0536. The summed E-state index contributed by atoms with van der Waals surface area (Å²) in [6, 6.07) is 5.75. The zero-order chi connectivity index (χ0) is 14.0. The van der Waals surface area contributed by atoms with Gasteiger partial charge >= 0.3 is 15.6 Å². The van der Waals surface area contributed by atoms with Gasteiger partial charge in [-0.2, -0.15) is 21.6 Å². The Morgan fingerprint density at radius 3 is 2.44 bits per heavy atom. The van der Waals surface area contributed by atoms with Gasteiger partial charge in [0.05, 0.1) is 0 Å². The van der Waals surface area contributed by atoms with E-state index in [1.54, 1.807) is 6.07 Å². The molecule has 0 radical (unpaired) electrons. The van der Waals surface area contributed by atoms with Crippen LogP contribution in [0.2, 0.25) is 0 Å². The molecule has 0 aliphatic carbocycles. The molecule has 9 heteroatoms. The van der Waals surface area contributed by atoms with E-state index in [1.807, 2.05) is 0 Å². The van der Waals surface area contributed by atoms with Gasteiger partial charge in [0.15, 0.2) is 5.78 Å². The van der Waals surface area contributed by atoms with Crippen LogP contribution in [0, 0.1) is 0 Å². The molecule has 4 nitrogen and oxygen atoms in total. The molecule has 0 aliphatic heterocycles. The van der Waals surface area contributed by atoms with Crippen molar-refractivity contribution in [1.29, 1.82) is 0 Å². The minimum absolute atomic E-state index is 0.0433. The van der Waals surface area contributed by atoms with Crippen molar-refractivity contribution in [2.45, 2.75) is 5.51 Å². The Bertz CT molecular complexity index is 553. The maximum Gasteiger partial charge on any atom is 0.523 e. The number of halogens is 4. The Hall–Kier alpha value is -0.930. The van der Waals surface area contributed by atoms with Crippen LogP contribution in [0.3, 0.4) is 0 Å². The quantitative estimate of drug-likeness (QED) is 0.477. The number of hydrogen-bond acceptors (Lipinski definition) is 4. The van der Waals surface area contributed by atoms with Gasteiger partial charge in [0.1, 0.15) is 6.61 Å². The van der Waals surface area contributed by atoms with E-state index in [4.69, 9.17) is 0 Å². The topological polar surface area (TPSA) is 60.4 Å². The highest BCUT2D eigenvalue weighted by atomic mass is 79.9. The molecular weight excluding hydrogens is 341 g/mol. The van der Waals surface area contributed by atoms with Gasteiger partial charge in [-0.05, 0) is 12.1 Å². The molecule has 0 saturated heterocycles. The molecule has 0 atom stereocenters. The summed E-state index contributed by atoms with van der Waals surface area (Å²) in [5.74, 6) is -0.871. The fourth-order valence-electron chi connectivity index (χ4n) is 0.943. The van der Waals surface area contributed by atoms with Crippen molar-refractivity contribution in [2.24, 2.45) is 0 Å². The van der Waals surface area contributed by atoms with Crippen molar-refractivity contribution in [3.8, 4) is 0 Å². The zero-order valence-corrected chi connectivity index (χ0v) is 11.0. The fraction of sp³-hybridized carbons (Fsp3) is 0.222. The van der Waals surface area contributed by atoms with Crippen molar-refractivity contribution in [2.75, 3.05) is 6.61 Å². The average Bonchev–Trinajstić information content (AvgIpc) is 2.24. The van der Waals surface area contributed by atoms with Gasteiger partial charge in [0, 0.05) is 10.0 Å². The van der Waals surface area contributed by atoms with Crippen molar-refractivity contribution in [3.63, 3.8) is 0 Å². The predicted octanol–water partition coefficient (Wildman–Crippen LogP) is 2.50. The number of alkyl halides is 3. The van der Waals surface area contributed by atoms with E-state index in [-0.39, 0.29) is 5.56 Å². The van der Waals surface area contributed by atoms with E-state index in [0.29, 0.717) is 4.47 Å². The first-order valence-corrected chi connectivity index (χ1v) is 6.58. The Balaban J connectivity index is 2.74. The molecule has 0 unspecified atom stereocenters. The number of ketones is 1. The highest BCUT2D eigenvalue weighted by molar-refractivity contribution is 9.10. The van der Waals surface area contributed by atoms with Gasteiger partial charge in [-0.15, -0.1) is 0 Å². The molecule has 0 spiro atoms. The summed E-state index contributed by atoms with van der Waals surface area (Å²) in [6.45, 7) is -1.20. The second-order valence-corrected chi connectivity index (χ2v) is 5.62. The highest BCUT2D eigenvalue weighted by Gasteiger charge is 2.47. The third-order valence-corrected chi connectivity index (χ3v) is 3.26. The van der Waals surface area contributed by atoms with Crippen LogP contribution in [0.25, 0.3) is 0 Å². The van der Waals surface area contributed by atoms with Crippen LogP contribution in [0.1, 0.15) is 10.4 Å². The average molecular weight is 347 g/mol. The number of benzene rings is 1. The van der Waals surface area contributed by atoms with E-state index in [1.165, 1.54) is 18.2 Å². The third kappa shape index (κ3) is 3.79. The number of Topliss-reactive ketones (excluding diaryl/α,β-unsaturated/α-hetero) is 1. The van der Waals surface area contributed by atoms with Crippen LogP contribution in [-0.2, 0) is 14.3 Å². The second kappa shape index (κ2) is 5.37. The van der Waals surface area contributed by atoms with Crippen LogP contribution in [0.4, 0.5) is 13.2 Å². The van der Waals surface area contributed by atoms with Crippen LogP contribution in [0.15, 0.2) is 28.7 Å². The smallest absolute Gasteiger partial charge is 0.291 e. The first kappa shape index (κ1) is 15.1. The van der Waals surface area contributed by atoms with E-state index in [9.17, 15) is 26.4 Å². The van der Waals surface area contributed by atoms with Crippen molar-refractivity contribution < 1.29 is 30.6 Å². The van der Waals surface area contributed by atoms with Crippen LogP contribution >= 0.6 is 15.9 Å². The third-order valence-electron chi connectivity index (χ3n) is 1.78. The number of rotatable bonds is 4. The normalized spacial score (nSPS) is 12.4. The zero-order valence-electron chi connectivity index (χ0n) is 8.57. The monoisotopic (exact) mass is 346 g/mol. The molecule has 0 bridgehead atoms. The van der Waals surface area contributed by atoms with Crippen molar-refractivity contribution in [3.05, 3.63) is 34.3 Å². The molecule has 18 heavy (non-hydrogen) atoms. The molecule has 0 fully saturated rings. The molecule has 1 rings (SSSR count). The van der Waals surface area contributed by atoms with E-state index >= 15 is 0 Å². The summed E-state index contributed by atoms with van der Waals surface area (Å²) in [4.78, 5) is 11.4. The number of carbonyl (C=O) groups is 1. The summed E-state index contributed by atoms with van der Waals surface area (Å²) in [7, 11) is -5.74. The van der Waals surface area contributed by atoms with Crippen LogP contribution < -0.4 is 0 Å². The molecule has 100 valence electrons. The molecule has 1 aromatic carbocycles. The molecule has 0 heterocycles. The molecular formula is C9H6BrF3O4S. The molecule has 0 amide bonds. The summed E-state index contributed by atoms with van der Waals surface area (Å²) < 4.78 is 61.0. The molecule has 1 aromatic rings. The van der Waals surface area contributed by atoms with Crippen molar-refractivity contribution >= 4 is 31.8 Å². The molecule has 0 N–H and O–H groups in total. The van der Waals surface area contributed by atoms with Gasteiger partial charge in [-0.3, -0.25) is 8.98 Å². The van der Waals surface area contributed by atoms with E-state index in [2.05, 4.69) is 20.1 Å². The van der Waals surface area contributed by atoms with Gasteiger partial charge in [-0.25, -0.2) is 0 Å². The van der Waals surface area contributed by atoms with E-state index in [0.717, 1.165) is 0 Å². The summed E-state index contributed by atoms with van der Waals surface area (Å²) in [6.07, 6.45) is 0. The minimum Gasteiger partial charge on any atom is -0.291 e. The van der Waals surface area contributed by atoms with Crippen molar-refractivity contribution in [1.82, 2.24) is 0 Å². The Labute approximate surface area is 109 Å². The maximum atomic E-state index is 11.9. The largest absolute Gasteiger partial charge is 0.523 e. The molecule has 0 aromatic heterocycles. The Morgan fingerprint density at radius 2 is 1.94 bits per heavy atom. The first-order chi connectivity index (χ1) is 8.13. The highest BCUT2D eigenvalue weighted by Crippen LogP contribution is 2.24. The lowest BCUT2D eigenvalue weighted by atomic mass is 10.1. The van der Waals surface area contributed by atoms with Crippen LogP contribution in [-0.4, -0.2) is 26.3 Å². The van der Waals surface area contributed by atoms with Gasteiger partial charge in [0.2, 0.25) is 0 Å². The van der Waals surface area contributed by atoms with Crippen LogP contribution in [0.5, 0.6) is 0 Å². The molecule has 0 saturated carbocycles. The Kier molecular flexibility index (Phi) is 4.51. The fourth-order valence-corrected chi connectivity index (χ4v) is 1.74. The first-order valence-electron chi connectivity index (χ1n) is 4.38. The lowest BCUT2D eigenvalue weighted by Crippen LogP contribution is -2.27. The number of carbonyl (C=O) groups excluding carboxylic acids is 1. The standard InChI is InChI=1S/C9H6BrF3O4S/c10-7-3-1-2-6(4-7)8(14)5-17-18(15,16)9(11,12)13/h1-4H,5H2. The van der Waals surface area contributed by atoms with Gasteiger partial charge < -0.3 is 0 Å². The van der Waals surface area contributed by atoms with Gasteiger partial charge in [0.25, 0.3) is 0 Å². The minimum atomic E-state index is -5.74. The second-order valence-electron chi connectivity index (χ2n) is 3.10. The predicted molar refractivity (Wildman–Crippen MR) is 59.4 cm³/mol. The number of hydrogen-bond donors (Lipinski definition) is 0. The summed E-state index contributed by atoms with van der Waals surface area (Å²) >= 11 is 3.06. The maximum absolute atomic E-state index is 11.9. The van der Waals surface area contributed by atoms with E-state index < -0.39 is 28.0 Å². The summed E-state index contributed by atoms with van der Waals surface area (Å²) in [5.41, 5.74) is -5.49. The molecule has 0 aliphatic rings. The Morgan fingerprint density at radius 1 is 1.33 bits per heavy atom. The SMILES string of the molecule is O=C(COS(=O)(=O)C(F)(F)F)c1cccc(Br)c1.